The van der Waals surface area contributed by atoms with Crippen molar-refractivity contribution < 1.29 is 23.1 Å². The maximum Gasteiger partial charge on any atom is 0.311 e. The molecule has 7 nitrogen and oxygen atoms in total. The molecule has 1 fully saturated rings. The van der Waals surface area contributed by atoms with Gasteiger partial charge in [-0.15, -0.1) is 4.83 Å². The minimum absolute atomic E-state index is 0.0293. The largest absolute Gasteiger partial charge is 0.481 e. The molecule has 0 aromatic heterocycles. The predicted molar refractivity (Wildman–Crippen MR) is 107 cm³/mol. The first-order chi connectivity index (χ1) is 13.9. The minimum Gasteiger partial charge on any atom is -0.481 e. The van der Waals surface area contributed by atoms with Crippen LogP contribution in [0.4, 0.5) is 0 Å². The van der Waals surface area contributed by atoms with Crippen LogP contribution in [-0.2, 0) is 26.0 Å². The van der Waals surface area contributed by atoms with E-state index in [1.165, 1.54) is 12.1 Å². The summed E-state index contributed by atoms with van der Waals surface area (Å²) in [6.07, 6.45) is 2.59. The molecule has 1 unspecified atom stereocenters. The minimum atomic E-state index is -3.96. The van der Waals surface area contributed by atoms with Crippen molar-refractivity contribution in [2.45, 2.75) is 24.2 Å². The molecule has 2 aromatic carbocycles. The monoisotopic (exact) mass is 414 g/mol. The third-order valence-corrected chi connectivity index (χ3v) is 6.08. The normalized spacial score (nSPS) is 19.2. The molecule has 0 radical (unpaired) electrons. The number of nitrogens with one attached hydrogen (secondary N) is 1. The highest BCUT2D eigenvalue weighted by Gasteiger charge is 2.34. The van der Waals surface area contributed by atoms with E-state index < -0.39 is 27.8 Å². The number of aliphatic carboxylic acids is 1. The van der Waals surface area contributed by atoms with E-state index in [1.54, 1.807) is 24.3 Å². The molecule has 0 bridgehead atoms. The molecular weight excluding hydrogens is 392 g/mol. The smallest absolute Gasteiger partial charge is 0.311 e. The number of rotatable bonds is 6. The van der Waals surface area contributed by atoms with Crippen molar-refractivity contribution in [3.05, 3.63) is 77.9 Å². The zero-order valence-corrected chi connectivity index (χ0v) is 16.5. The Morgan fingerprint density at radius 1 is 1.10 bits per heavy atom. The molecule has 1 saturated heterocycles. The molecule has 152 valence electrons. The maximum atomic E-state index is 13.1. The SMILES string of the molecule is O=C(O)C1CCCN(NS(=O)(=O)c2ccccc2)C(=O)/C1=C/Cc1ccccc1. The summed E-state index contributed by atoms with van der Waals surface area (Å²) in [6, 6.07) is 17.1. The number of carbonyl (C=O) groups excluding carboxylic acids is 1. The number of hydrazine groups is 1. The molecule has 1 heterocycles. The van der Waals surface area contributed by atoms with Gasteiger partial charge in [0.15, 0.2) is 0 Å². The Hall–Kier alpha value is -2.97. The maximum absolute atomic E-state index is 13.1. The van der Waals surface area contributed by atoms with Gasteiger partial charge in [0.05, 0.1) is 10.8 Å². The van der Waals surface area contributed by atoms with Gasteiger partial charge in [0.2, 0.25) is 0 Å². The van der Waals surface area contributed by atoms with E-state index >= 15 is 0 Å². The molecule has 1 atom stereocenters. The summed E-state index contributed by atoms with van der Waals surface area (Å²) in [5, 5.41) is 10.6. The van der Waals surface area contributed by atoms with Crippen LogP contribution in [0.25, 0.3) is 0 Å². The lowest BCUT2D eigenvalue weighted by Gasteiger charge is -2.22. The van der Waals surface area contributed by atoms with E-state index in [2.05, 4.69) is 4.83 Å². The quantitative estimate of drug-likeness (QED) is 0.707. The lowest BCUT2D eigenvalue weighted by molar-refractivity contribution is -0.142. The zero-order valence-electron chi connectivity index (χ0n) is 15.7. The fourth-order valence-electron chi connectivity index (χ4n) is 3.23. The second-order valence-electron chi connectivity index (χ2n) is 6.75. The van der Waals surface area contributed by atoms with Crippen LogP contribution >= 0.6 is 0 Å². The zero-order chi connectivity index (χ0) is 20.9. The lowest BCUT2D eigenvalue weighted by atomic mass is 9.93. The van der Waals surface area contributed by atoms with Gasteiger partial charge < -0.3 is 5.11 Å². The molecule has 2 N–H and O–H groups in total. The molecule has 1 amide bonds. The average Bonchev–Trinajstić information content (AvgIpc) is 2.87. The molecule has 1 aliphatic heterocycles. The second kappa shape index (κ2) is 9.02. The van der Waals surface area contributed by atoms with Crippen LogP contribution < -0.4 is 4.83 Å². The number of carbonyl (C=O) groups is 2. The molecule has 8 heteroatoms. The van der Waals surface area contributed by atoms with Crippen molar-refractivity contribution in [2.24, 2.45) is 5.92 Å². The third-order valence-electron chi connectivity index (χ3n) is 4.72. The van der Waals surface area contributed by atoms with Crippen LogP contribution in [0.2, 0.25) is 0 Å². The Morgan fingerprint density at radius 3 is 2.34 bits per heavy atom. The summed E-state index contributed by atoms with van der Waals surface area (Å²) < 4.78 is 25.2. The van der Waals surface area contributed by atoms with Crippen LogP contribution in [0.1, 0.15) is 18.4 Å². The summed E-state index contributed by atoms with van der Waals surface area (Å²) in [6.45, 7) is 0.0946. The fourth-order valence-corrected chi connectivity index (χ4v) is 4.31. The van der Waals surface area contributed by atoms with Gasteiger partial charge in [-0.2, -0.15) is 0 Å². The third kappa shape index (κ3) is 5.10. The van der Waals surface area contributed by atoms with Gasteiger partial charge >= 0.3 is 5.97 Å². The van der Waals surface area contributed by atoms with Gasteiger partial charge in [0.1, 0.15) is 0 Å². The number of allylic oxidation sites excluding steroid dienone is 1. The molecule has 0 saturated carbocycles. The molecule has 0 spiro atoms. The van der Waals surface area contributed by atoms with Gasteiger partial charge in [-0.25, -0.2) is 8.42 Å². The summed E-state index contributed by atoms with van der Waals surface area (Å²) in [7, 11) is -3.96. The highest BCUT2D eigenvalue weighted by molar-refractivity contribution is 7.89. The summed E-state index contributed by atoms with van der Waals surface area (Å²) >= 11 is 0. The number of hydrogen-bond acceptors (Lipinski definition) is 4. The van der Waals surface area contributed by atoms with Crippen molar-refractivity contribution in [1.82, 2.24) is 9.84 Å². The standard InChI is InChI=1S/C21H22N2O5S/c24-20-18(14-13-16-8-3-1-4-9-16)19(21(25)26)12-7-15-23(20)22-29(27,28)17-10-5-2-6-11-17/h1-6,8-11,14,19,22H,7,12-13,15H2,(H,25,26)/b18-14+. The van der Waals surface area contributed by atoms with E-state index in [-0.39, 0.29) is 23.4 Å². The topological polar surface area (TPSA) is 104 Å². The summed E-state index contributed by atoms with van der Waals surface area (Å²) in [4.78, 5) is 27.1. The van der Waals surface area contributed by atoms with Crippen LogP contribution in [-0.4, -0.2) is 37.0 Å². The van der Waals surface area contributed by atoms with Crippen molar-refractivity contribution in [1.29, 1.82) is 0 Å². The fraction of sp³-hybridized carbons (Fsp3) is 0.238. The Kier molecular flexibility index (Phi) is 6.46. The van der Waals surface area contributed by atoms with Crippen LogP contribution in [0.3, 0.4) is 0 Å². The number of carboxylic acid groups (broad SMARTS) is 1. The number of carboxylic acids is 1. The van der Waals surface area contributed by atoms with Crippen molar-refractivity contribution in [3.63, 3.8) is 0 Å². The van der Waals surface area contributed by atoms with Crippen LogP contribution in [0, 0.1) is 5.92 Å². The highest BCUT2D eigenvalue weighted by atomic mass is 32.2. The van der Waals surface area contributed by atoms with Gasteiger partial charge in [-0.1, -0.05) is 54.6 Å². The molecular formula is C21H22N2O5S. The Balaban J connectivity index is 1.88. The van der Waals surface area contributed by atoms with Gasteiger partial charge in [-0.3, -0.25) is 14.6 Å². The number of sulfonamides is 1. The lowest BCUT2D eigenvalue weighted by Crippen LogP contribution is -2.46. The number of amides is 1. The second-order valence-corrected chi connectivity index (χ2v) is 8.41. The van der Waals surface area contributed by atoms with E-state index in [0.29, 0.717) is 12.8 Å². The Labute approximate surface area is 169 Å². The van der Waals surface area contributed by atoms with E-state index in [1.807, 2.05) is 30.3 Å². The predicted octanol–water partition coefficient (Wildman–Crippen LogP) is 2.37. The number of hydrogen-bond donors (Lipinski definition) is 2. The van der Waals surface area contributed by atoms with Crippen molar-refractivity contribution in [3.8, 4) is 0 Å². The number of nitrogens with zero attached hydrogens (tertiary/aromatic N) is 1. The van der Waals surface area contributed by atoms with Crippen LogP contribution in [0.15, 0.2) is 77.2 Å². The molecule has 29 heavy (non-hydrogen) atoms. The highest BCUT2D eigenvalue weighted by Crippen LogP contribution is 2.25. The Morgan fingerprint density at radius 2 is 1.72 bits per heavy atom. The van der Waals surface area contributed by atoms with E-state index in [0.717, 1.165) is 10.6 Å². The van der Waals surface area contributed by atoms with Crippen molar-refractivity contribution >= 4 is 21.9 Å². The van der Waals surface area contributed by atoms with Crippen molar-refractivity contribution in [2.75, 3.05) is 6.54 Å². The summed E-state index contributed by atoms with van der Waals surface area (Å²) in [5.74, 6) is -2.70. The number of benzene rings is 2. The van der Waals surface area contributed by atoms with Gasteiger partial charge in [-0.05, 0) is 37.0 Å². The van der Waals surface area contributed by atoms with Gasteiger partial charge in [0, 0.05) is 12.1 Å². The average molecular weight is 414 g/mol. The Bertz CT molecular complexity index is 1000. The van der Waals surface area contributed by atoms with E-state index in [4.69, 9.17) is 0 Å². The first-order valence-corrected chi connectivity index (χ1v) is 10.7. The molecule has 2 aromatic rings. The summed E-state index contributed by atoms with van der Waals surface area (Å²) in [5.41, 5.74) is 1.02. The van der Waals surface area contributed by atoms with Crippen LogP contribution in [0.5, 0.6) is 0 Å². The first-order valence-electron chi connectivity index (χ1n) is 9.24. The van der Waals surface area contributed by atoms with Gasteiger partial charge in [0.25, 0.3) is 15.9 Å². The van der Waals surface area contributed by atoms with E-state index in [9.17, 15) is 23.1 Å². The first kappa shape index (κ1) is 20.8. The molecule has 3 rings (SSSR count). The molecule has 0 aliphatic carbocycles. The molecule has 1 aliphatic rings.